The van der Waals surface area contributed by atoms with Gasteiger partial charge in [-0.15, -0.1) is 13.2 Å². The van der Waals surface area contributed by atoms with Gasteiger partial charge in [-0.3, -0.25) is 0 Å². The summed E-state index contributed by atoms with van der Waals surface area (Å²) < 4.78 is 55.9. The predicted octanol–water partition coefficient (Wildman–Crippen LogP) is 4.43. The van der Waals surface area contributed by atoms with Gasteiger partial charge in [-0.2, -0.15) is 9.49 Å². The maximum absolute atomic E-state index is 13.1. The monoisotopic (exact) mass is 445 g/mol. The van der Waals surface area contributed by atoms with Crippen LogP contribution in [0.1, 0.15) is 10.5 Å². The largest absolute Gasteiger partial charge is 0.573 e. The van der Waals surface area contributed by atoms with Crippen molar-refractivity contribution in [2.45, 2.75) is 6.36 Å². The second-order valence-electron chi connectivity index (χ2n) is 5.19. The van der Waals surface area contributed by atoms with E-state index in [9.17, 15) is 27.5 Å². The summed E-state index contributed by atoms with van der Waals surface area (Å²) in [4.78, 5) is 14.7. The molecular weight excluding hydrogens is 438 g/mol. The molecular formula is C16H8BrF4N3O3. The molecule has 0 aliphatic carbocycles. The molecule has 11 heteroatoms. The Labute approximate surface area is 157 Å². The van der Waals surface area contributed by atoms with E-state index in [4.69, 9.17) is 0 Å². The molecule has 0 aliphatic rings. The molecule has 0 bridgehead atoms. The summed E-state index contributed by atoms with van der Waals surface area (Å²) in [6.45, 7) is 0. The standard InChI is InChI=1S/C16H8BrF4N3O3/c17-9-3-8(4-11(5-9)27-16(19,20)21)13-6-12(15(25)26)23-24(13)10-1-2-14(18)22-7-10/h1-7H,(H,25,26). The number of aromatic nitrogens is 3. The maximum atomic E-state index is 13.1. The highest BCUT2D eigenvalue weighted by Crippen LogP contribution is 2.33. The first-order valence-corrected chi connectivity index (χ1v) is 7.94. The Bertz CT molecular complexity index is 1000. The summed E-state index contributed by atoms with van der Waals surface area (Å²) >= 11 is 3.09. The van der Waals surface area contributed by atoms with Gasteiger partial charge in [-0.05, 0) is 36.4 Å². The van der Waals surface area contributed by atoms with E-state index in [2.05, 4.69) is 30.7 Å². The third-order valence-electron chi connectivity index (χ3n) is 3.29. The van der Waals surface area contributed by atoms with Crippen molar-refractivity contribution in [2.75, 3.05) is 0 Å². The lowest BCUT2D eigenvalue weighted by Gasteiger charge is -2.12. The first-order valence-electron chi connectivity index (χ1n) is 7.14. The van der Waals surface area contributed by atoms with Crippen molar-refractivity contribution < 1.29 is 32.2 Å². The Hall–Kier alpha value is -2.95. The SMILES string of the molecule is O=C(O)c1cc(-c2cc(Br)cc(OC(F)(F)F)c2)n(-c2ccc(F)nc2)n1. The third-order valence-corrected chi connectivity index (χ3v) is 3.74. The highest BCUT2D eigenvalue weighted by atomic mass is 79.9. The molecule has 0 fully saturated rings. The molecule has 3 aromatic rings. The minimum Gasteiger partial charge on any atom is -0.476 e. The second-order valence-corrected chi connectivity index (χ2v) is 6.11. The molecule has 0 unspecified atom stereocenters. The first-order chi connectivity index (χ1) is 12.6. The van der Waals surface area contributed by atoms with E-state index in [1.807, 2.05) is 0 Å². The van der Waals surface area contributed by atoms with Crippen molar-refractivity contribution >= 4 is 21.9 Å². The van der Waals surface area contributed by atoms with Gasteiger partial charge in [0.15, 0.2) is 5.69 Å². The number of halogens is 5. The van der Waals surface area contributed by atoms with Crippen molar-refractivity contribution in [1.82, 2.24) is 14.8 Å². The highest BCUT2D eigenvalue weighted by Gasteiger charge is 2.31. The van der Waals surface area contributed by atoms with Gasteiger partial charge in [-0.25, -0.2) is 14.5 Å². The zero-order chi connectivity index (χ0) is 19.8. The molecule has 2 heterocycles. The molecule has 2 aromatic heterocycles. The summed E-state index contributed by atoms with van der Waals surface area (Å²) in [5, 5.41) is 13.1. The highest BCUT2D eigenvalue weighted by molar-refractivity contribution is 9.10. The average Bonchev–Trinajstić information content (AvgIpc) is 2.99. The lowest BCUT2D eigenvalue weighted by atomic mass is 10.1. The topological polar surface area (TPSA) is 77.2 Å². The van der Waals surface area contributed by atoms with Crippen LogP contribution < -0.4 is 4.74 Å². The van der Waals surface area contributed by atoms with Crippen molar-refractivity contribution in [3.8, 4) is 22.7 Å². The van der Waals surface area contributed by atoms with Crippen LogP contribution in [0.4, 0.5) is 17.6 Å². The van der Waals surface area contributed by atoms with E-state index < -0.39 is 24.0 Å². The van der Waals surface area contributed by atoms with Crippen LogP contribution in [0.3, 0.4) is 0 Å². The van der Waals surface area contributed by atoms with Gasteiger partial charge in [0.2, 0.25) is 5.95 Å². The van der Waals surface area contributed by atoms with Crippen LogP contribution in [0, 0.1) is 5.95 Å². The van der Waals surface area contributed by atoms with E-state index >= 15 is 0 Å². The second kappa shape index (κ2) is 6.99. The number of benzene rings is 1. The lowest BCUT2D eigenvalue weighted by Crippen LogP contribution is -2.17. The zero-order valence-electron chi connectivity index (χ0n) is 13.0. The van der Waals surface area contributed by atoms with Crippen LogP contribution in [0.2, 0.25) is 0 Å². The third kappa shape index (κ3) is 4.42. The molecule has 1 N–H and O–H groups in total. The molecule has 0 spiro atoms. The Morgan fingerprint density at radius 1 is 1.19 bits per heavy atom. The van der Waals surface area contributed by atoms with Crippen LogP contribution >= 0.6 is 15.9 Å². The number of rotatable bonds is 4. The zero-order valence-corrected chi connectivity index (χ0v) is 14.6. The van der Waals surface area contributed by atoms with Crippen molar-refractivity contribution in [3.63, 3.8) is 0 Å². The number of hydrogen-bond acceptors (Lipinski definition) is 4. The van der Waals surface area contributed by atoms with E-state index in [1.165, 1.54) is 18.2 Å². The minimum absolute atomic E-state index is 0.147. The van der Waals surface area contributed by atoms with Crippen LogP contribution in [-0.2, 0) is 0 Å². The maximum Gasteiger partial charge on any atom is 0.573 e. The molecule has 3 rings (SSSR count). The number of carboxylic acids is 1. The molecule has 1 aromatic carbocycles. The number of aromatic carboxylic acids is 1. The molecule has 27 heavy (non-hydrogen) atoms. The Balaban J connectivity index is 2.16. The van der Waals surface area contributed by atoms with Crippen LogP contribution in [-0.4, -0.2) is 32.2 Å². The predicted molar refractivity (Wildman–Crippen MR) is 88.1 cm³/mol. The molecule has 0 saturated carbocycles. The van der Waals surface area contributed by atoms with Gasteiger partial charge in [0.05, 0.1) is 17.6 Å². The fourth-order valence-electron chi connectivity index (χ4n) is 2.28. The number of ether oxygens (including phenoxy) is 1. The fourth-order valence-corrected chi connectivity index (χ4v) is 2.76. The average molecular weight is 446 g/mol. The Kier molecular flexibility index (Phi) is 4.87. The Morgan fingerprint density at radius 3 is 2.52 bits per heavy atom. The molecule has 0 saturated heterocycles. The van der Waals surface area contributed by atoms with Crippen LogP contribution in [0.25, 0.3) is 16.9 Å². The van der Waals surface area contributed by atoms with E-state index in [0.717, 1.165) is 29.1 Å². The number of carbonyl (C=O) groups is 1. The van der Waals surface area contributed by atoms with Gasteiger partial charge in [0.1, 0.15) is 5.75 Å². The normalized spacial score (nSPS) is 11.4. The summed E-state index contributed by atoms with van der Waals surface area (Å²) in [7, 11) is 0. The van der Waals surface area contributed by atoms with Crippen LogP contribution in [0.15, 0.2) is 47.1 Å². The number of hydrogen-bond donors (Lipinski definition) is 1. The summed E-state index contributed by atoms with van der Waals surface area (Å²) in [5.41, 5.74) is 0.201. The molecule has 0 atom stereocenters. The summed E-state index contributed by atoms with van der Waals surface area (Å²) in [6.07, 6.45) is -3.78. The van der Waals surface area contributed by atoms with E-state index in [-0.39, 0.29) is 27.1 Å². The minimum atomic E-state index is -4.90. The van der Waals surface area contributed by atoms with Gasteiger partial charge < -0.3 is 9.84 Å². The number of carboxylic acid groups (broad SMARTS) is 1. The summed E-state index contributed by atoms with van der Waals surface area (Å²) in [6, 6.07) is 7.16. The van der Waals surface area contributed by atoms with Gasteiger partial charge in [0.25, 0.3) is 0 Å². The lowest BCUT2D eigenvalue weighted by molar-refractivity contribution is -0.274. The summed E-state index contributed by atoms with van der Waals surface area (Å²) in [5.74, 6) is -2.60. The molecule has 0 aliphatic heterocycles. The van der Waals surface area contributed by atoms with Gasteiger partial charge >= 0.3 is 12.3 Å². The van der Waals surface area contributed by atoms with E-state index in [0.29, 0.717) is 0 Å². The number of pyridine rings is 1. The van der Waals surface area contributed by atoms with Gasteiger partial charge in [0, 0.05) is 10.0 Å². The molecule has 0 radical (unpaired) electrons. The van der Waals surface area contributed by atoms with Crippen molar-refractivity contribution in [3.05, 3.63) is 58.7 Å². The fraction of sp³-hybridized carbons (Fsp3) is 0.0625. The van der Waals surface area contributed by atoms with E-state index in [1.54, 1.807) is 0 Å². The quantitative estimate of drug-likeness (QED) is 0.474. The molecule has 0 amide bonds. The first kappa shape index (κ1) is 18.8. The van der Waals surface area contributed by atoms with Gasteiger partial charge in [-0.1, -0.05) is 15.9 Å². The van der Waals surface area contributed by atoms with Crippen molar-refractivity contribution in [2.24, 2.45) is 0 Å². The van der Waals surface area contributed by atoms with Crippen molar-refractivity contribution in [1.29, 1.82) is 0 Å². The number of alkyl halides is 3. The smallest absolute Gasteiger partial charge is 0.476 e. The number of nitrogens with zero attached hydrogens (tertiary/aromatic N) is 3. The molecule has 6 nitrogen and oxygen atoms in total. The van der Waals surface area contributed by atoms with Crippen LogP contribution in [0.5, 0.6) is 5.75 Å². The molecule has 140 valence electrons. The Morgan fingerprint density at radius 2 is 1.93 bits per heavy atom.